The first kappa shape index (κ1) is 19.9. The third-order valence-electron chi connectivity index (χ3n) is 4.44. The molecule has 146 valence electrons. The molecule has 0 spiro atoms. The Labute approximate surface area is 159 Å². The second-order valence-electron chi connectivity index (χ2n) is 6.35. The van der Waals surface area contributed by atoms with Crippen LogP contribution in [0.3, 0.4) is 0 Å². The van der Waals surface area contributed by atoms with E-state index in [1.54, 1.807) is 54.6 Å². The van der Waals surface area contributed by atoms with Gasteiger partial charge in [0.25, 0.3) is 0 Å². The summed E-state index contributed by atoms with van der Waals surface area (Å²) < 4.78 is 42.1. The fourth-order valence-electron chi connectivity index (χ4n) is 3.13. The molecule has 1 saturated heterocycles. The van der Waals surface area contributed by atoms with Crippen molar-refractivity contribution >= 4 is 5.97 Å². The van der Waals surface area contributed by atoms with Gasteiger partial charge in [-0.05, 0) is 42.7 Å². The minimum absolute atomic E-state index is 0.00647. The van der Waals surface area contributed by atoms with Gasteiger partial charge in [-0.15, -0.1) is 18.2 Å². The maximum absolute atomic E-state index is 12.6. The van der Waals surface area contributed by atoms with Crippen LogP contribution in [-0.2, 0) is 9.57 Å². The molecule has 1 aliphatic heterocycles. The van der Waals surface area contributed by atoms with Crippen LogP contribution in [0.1, 0.15) is 40.4 Å². The first-order valence-corrected chi connectivity index (χ1v) is 8.64. The van der Waals surface area contributed by atoms with Crippen LogP contribution < -0.4 is 0 Å². The lowest BCUT2D eigenvalue weighted by atomic mass is 9.94. The van der Waals surface area contributed by atoms with E-state index in [1.165, 1.54) is 5.06 Å². The van der Waals surface area contributed by atoms with Crippen molar-refractivity contribution in [2.45, 2.75) is 31.3 Å². The standard InChI is InChI=1S/C20H17F3N2O3/c21-20(22,23)27-17-10-11-25(28-19(26)16-4-2-1-3-5-16)18(12-17)15-8-6-14(13-24)7-9-15/h1-9,17-18H,10-12H2/t17-,18-/m0/s1. The van der Waals surface area contributed by atoms with Crippen LogP contribution in [-0.4, -0.2) is 30.0 Å². The summed E-state index contributed by atoms with van der Waals surface area (Å²) in [6.07, 6.45) is -5.72. The van der Waals surface area contributed by atoms with Gasteiger partial charge in [-0.2, -0.15) is 5.26 Å². The summed E-state index contributed by atoms with van der Waals surface area (Å²) in [4.78, 5) is 17.9. The van der Waals surface area contributed by atoms with Crippen molar-refractivity contribution < 1.29 is 27.5 Å². The van der Waals surface area contributed by atoms with Crippen LogP contribution in [0, 0.1) is 11.3 Å². The van der Waals surface area contributed by atoms with Gasteiger partial charge in [0, 0.05) is 6.54 Å². The molecule has 0 aromatic heterocycles. The lowest BCUT2D eigenvalue weighted by Crippen LogP contribution is -2.42. The zero-order valence-corrected chi connectivity index (χ0v) is 14.7. The number of rotatable bonds is 4. The molecular formula is C20H17F3N2O3. The molecule has 3 rings (SSSR count). The van der Waals surface area contributed by atoms with E-state index in [1.807, 2.05) is 6.07 Å². The minimum atomic E-state index is -4.73. The molecule has 1 aliphatic rings. The highest BCUT2D eigenvalue weighted by Gasteiger charge is 2.39. The number of nitriles is 1. The molecule has 0 saturated carbocycles. The number of ether oxygens (including phenoxy) is 1. The molecule has 28 heavy (non-hydrogen) atoms. The minimum Gasteiger partial charge on any atom is -0.363 e. The van der Waals surface area contributed by atoms with Gasteiger partial charge in [0.2, 0.25) is 0 Å². The summed E-state index contributed by atoms with van der Waals surface area (Å²) in [7, 11) is 0. The second kappa shape index (κ2) is 8.42. The van der Waals surface area contributed by atoms with E-state index in [4.69, 9.17) is 10.1 Å². The van der Waals surface area contributed by atoms with E-state index in [9.17, 15) is 18.0 Å². The molecule has 2 atom stereocenters. The summed E-state index contributed by atoms with van der Waals surface area (Å²) in [5, 5.41) is 10.3. The number of carbonyl (C=O) groups is 1. The Morgan fingerprint density at radius 1 is 1.11 bits per heavy atom. The van der Waals surface area contributed by atoms with Crippen molar-refractivity contribution in [2.75, 3.05) is 6.54 Å². The molecule has 0 N–H and O–H groups in total. The third kappa shape index (κ3) is 5.09. The number of halogens is 3. The quantitative estimate of drug-likeness (QED) is 0.776. The summed E-state index contributed by atoms with van der Waals surface area (Å²) in [5.74, 6) is -0.588. The predicted molar refractivity (Wildman–Crippen MR) is 92.6 cm³/mol. The van der Waals surface area contributed by atoms with Gasteiger partial charge in [0.05, 0.1) is 29.3 Å². The topological polar surface area (TPSA) is 62.6 Å². The van der Waals surface area contributed by atoms with Gasteiger partial charge in [0.1, 0.15) is 0 Å². The first-order chi connectivity index (χ1) is 13.4. The average Bonchev–Trinajstić information content (AvgIpc) is 2.68. The van der Waals surface area contributed by atoms with Crippen molar-refractivity contribution in [3.8, 4) is 6.07 Å². The molecule has 0 bridgehead atoms. The fourth-order valence-corrected chi connectivity index (χ4v) is 3.13. The van der Waals surface area contributed by atoms with Crippen LogP contribution >= 0.6 is 0 Å². The van der Waals surface area contributed by atoms with Crippen LogP contribution in [0.5, 0.6) is 0 Å². The lowest BCUT2D eigenvalue weighted by Gasteiger charge is -2.38. The summed E-state index contributed by atoms with van der Waals surface area (Å²) in [5.41, 5.74) is 1.40. The van der Waals surface area contributed by atoms with Gasteiger partial charge in [0.15, 0.2) is 0 Å². The van der Waals surface area contributed by atoms with Crippen LogP contribution in [0.15, 0.2) is 54.6 Å². The summed E-state index contributed by atoms with van der Waals surface area (Å²) in [6.45, 7) is 0.0873. The normalized spacial score (nSPS) is 20.4. The monoisotopic (exact) mass is 390 g/mol. The highest BCUT2D eigenvalue weighted by atomic mass is 19.4. The maximum atomic E-state index is 12.6. The Morgan fingerprint density at radius 3 is 2.39 bits per heavy atom. The molecule has 2 aromatic carbocycles. The van der Waals surface area contributed by atoms with Crippen molar-refractivity contribution in [1.82, 2.24) is 5.06 Å². The van der Waals surface area contributed by atoms with E-state index >= 15 is 0 Å². The maximum Gasteiger partial charge on any atom is 0.522 e. The Morgan fingerprint density at radius 2 is 1.79 bits per heavy atom. The smallest absolute Gasteiger partial charge is 0.363 e. The number of nitrogens with zero attached hydrogens (tertiary/aromatic N) is 2. The van der Waals surface area contributed by atoms with Crippen molar-refractivity contribution in [1.29, 1.82) is 5.26 Å². The van der Waals surface area contributed by atoms with Crippen LogP contribution in [0.25, 0.3) is 0 Å². The number of alkyl halides is 3. The van der Waals surface area contributed by atoms with Gasteiger partial charge in [-0.3, -0.25) is 4.74 Å². The molecule has 1 heterocycles. The highest BCUT2D eigenvalue weighted by molar-refractivity contribution is 5.89. The largest absolute Gasteiger partial charge is 0.522 e. The van der Waals surface area contributed by atoms with Crippen molar-refractivity contribution in [3.63, 3.8) is 0 Å². The fraction of sp³-hybridized carbons (Fsp3) is 0.300. The van der Waals surface area contributed by atoms with E-state index in [-0.39, 0.29) is 19.4 Å². The Balaban J connectivity index is 1.80. The van der Waals surface area contributed by atoms with Crippen LogP contribution in [0.2, 0.25) is 0 Å². The lowest BCUT2D eigenvalue weighted by molar-refractivity contribution is -0.351. The van der Waals surface area contributed by atoms with Gasteiger partial charge >= 0.3 is 12.3 Å². The zero-order chi connectivity index (χ0) is 20.1. The van der Waals surface area contributed by atoms with Gasteiger partial charge < -0.3 is 4.84 Å². The number of benzene rings is 2. The molecule has 0 aliphatic carbocycles. The van der Waals surface area contributed by atoms with E-state index in [0.717, 1.165) is 0 Å². The SMILES string of the molecule is N#Cc1ccc([C@@H]2C[C@@H](OC(F)(F)F)CCN2OC(=O)c2ccccc2)cc1. The second-order valence-corrected chi connectivity index (χ2v) is 6.35. The molecule has 0 unspecified atom stereocenters. The van der Waals surface area contributed by atoms with E-state index in [2.05, 4.69) is 4.74 Å². The van der Waals surface area contributed by atoms with Crippen molar-refractivity contribution in [3.05, 3.63) is 71.3 Å². The van der Waals surface area contributed by atoms with Gasteiger partial charge in [-0.1, -0.05) is 30.3 Å². The molecule has 1 fully saturated rings. The predicted octanol–water partition coefficient (Wildman–Crippen LogP) is 4.37. The average molecular weight is 390 g/mol. The molecular weight excluding hydrogens is 373 g/mol. The first-order valence-electron chi connectivity index (χ1n) is 8.64. The number of hydrogen-bond acceptors (Lipinski definition) is 5. The summed E-state index contributed by atoms with van der Waals surface area (Å²) in [6, 6.07) is 16.1. The Bertz CT molecular complexity index is 848. The molecule has 8 heteroatoms. The van der Waals surface area contributed by atoms with Crippen molar-refractivity contribution in [2.24, 2.45) is 0 Å². The number of hydroxylamine groups is 2. The molecule has 0 radical (unpaired) electrons. The van der Waals surface area contributed by atoms with E-state index in [0.29, 0.717) is 16.7 Å². The van der Waals surface area contributed by atoms with E-state index < -0.39 is 24.5 Å². The molecule has 2 aromatic rings. The van der Waals surface area contributed by atoms with Gasteiger partial charge in [-0.25, -0.2) is 4.79 Å². The summed E-state index contributed by atoms with van der Waals surface area (Å²) >= 11 is 0. The number of carbonyl (C=O) groups excluding carboxylic acids is 1. The number of piperidine rings is 1. The van der Waals surface area contributed by atoms with Crippen LogP contribution in [0.4, 0.5) is 13.2 Å². The third-order valence-corrected chi connectivity index (χ3v) is 4.44. The zero-order valence-electron chi connectivity index (χ0n) is 14.7. The highest BCUT2D eigenvalue weighted by Crippen LogP contribution is 2.35. The molecule has 0 amide bonds. The Hall–Kier alpha value is -2.89. The number of hydrogen-bond donors (Lipinski definition) is 0. The molecule has 5 nitrogen and oxygen atoms in total. The Kier molecular flexibility index (Phi) is 5.97.